The van der Waals surface area contributed by atoms with Gasteiger partial charge in [-0.1, -0.05) is 42.5 Å². The molecule has 0 bridgehead atoms. The number of benzene rings is 2. The third kappa shape index (κ3) is 3.55. The average molecular weight is 370 g/mol. The first-order valence-electron chi connectivity index (χ1n) is 8.93. The summed E-state index contributed by atoms with van der Waals surface area (Å²) < 4.78 is 5.12. The molecule has 0 aliphatic carbocycles. The number of hydrogen-bond acceptors (Lipinski definition) is 4. The predicted octanol–water partition coefficient (Wildman–Crippen LogP) is 4.46. The highest BCUT2D eigenvalue weighted by atomic mass is 16.5. The Morgan fingerprint density at radius 1 is 1.04 bits per heavy atom. The minimum absolute atomic E-state index is 0.236. The molecule has 0 aliphatic rings. The van der Waals surface area contributed by atoms with Gasteiger partial charge in [0.1, 0.15) is 0 Å². The van der Waals surface area contributed by atoms with Gasteiger partial charge < -0.3 is 9.72 Å². The highest BCUT2D eigenvalue weighted by Gasteiger charge is 2.16. The third-order valence-corrected chi connectivity index (χ3v) is 4.53. The molecule has 0 fully saturated rings. The molecule has 4 aromatic rings. The molecular formula is C23H18N2O3. The third-order valence-electron chi connectivity index (χ3n) is 4.53. The van der Waals surface area contributed by atoms with E-state index in [0.717, 1.165) is 27.5 Å². The van der Waals surface area contributed by atoms with Gasteiger partial charge in [0.15, 0.2) is 6.61 Å². The van der Waals surface area contributed by atoms with E-state index < -0.39 is 5.97 Å². The van der Waals surface area contributed by atoms with Crippen molar-refractivity contribution >= 4 is 39.6 Å². The van der Waals surface area contributed by atoms with E-state index in [1.807, 2.05) is 67.6 Å². The molecular weight excluding hydrogens is 352 g/mol. The van der Waals surface area contributed by atoms with Crippen LogP contribution in [-0.2, 0) is 9.53 Å². The second-order valence-corrected chi connectivity index (χ2v) is 6.46. The lowest BCUT2D eigenvalue weighted by Crippen LogP contribution is -2.13. The second-order valence-electron chi connectivity index (χ2n) is 6.46. The van der Waals surface area contributed by atoms with Gasteiger partial charge in [0.25, 0.3) is 0 Å². The Balaban J connectivity index is 1.42. The topological polar surface area (TPSA) is 72.1 Å². The number of ether oxygens (including phenoxy) is 1. The maximum absolute atomic E-state index is 12.5. The summed E-state index contributed by atoms with van der Waals surface area (Å²) in [5.74, 6) is -0.818. The molecule has 138 valence electrons. The molecule has 0 radical (unpaired) electrons. The van der Waals surface area contributed by atoms with Gasteiger partial charge in [-0.05, 0) is 31.2 Å². The van der Waals surface area contributed by atoms with Crippen molar-refractivity contribution in [2.45, 2.75) is 6.92 Å². The molecule has 0 aliphatic heterocycles. The number of esters is 1. The Morgan fingerprint density at radius 3 is 2.71 bits per heavy atom. The lowest BCUT2D eigenvalue weighted by molar-refractivity contribution is -0.136. The molecule has 5 heteroatoms. The van der Waals surface area contributed by atoms with Crippen LogP contribution in [0.2, 0.25) is 0 Å². The summed E-state index contributed by atoms with van der Waals surface area (Å²) in [5, 5.41) is 1.86. The standard InChI is InChI=1S/C23H18N2O3/c1-15-23(18-7-3-5-9-20(18)24-15)21(26)14-28-22(27)13-12-17-11-10-16-6-2-4-8-19(16)25-17/h2-13,24H,14H2,1H3. The van der Waals surface area contributed by atoms with Crippen molar-refractivity contribution in [1.29, 1.82) is 0 Å². The van der Waals surface area contributed by atoms with E-state index in [1.54, 1.807) is 6.08 Å². The molecule has 0 unspecified atom stereocenters. The van der Waals surface area contributed by atoms with Gasteiger partial charge >= 0.3 is 5.97 Å². The van der Waals surface area contributed by atoms with E-state index in [2.05, 4.69) is 9.97 Å². The fourth-order valence-corrected chi connectivity index (χ4v) is 3.22. The minimum atomic E-state index is -0.583. The van der Waals surface area contributed by atoms with Crippen LogP contribution >= 0.6 is 0 Å². The van der Waals surface area contributed by atoms with Crippen LogP contribution in [0, 0.1) is 6.92 Å². The highest BCUT2D eigenvalue weighted by molar-refractivity contribution is 6.10. The van der Waals surface area contributed by atoms with Crippen molar-refractivity contribution in [3.8, 4) is 0 Å². The molecule has 4 rings (SSSR count). The zero-order valence-corrected chi connectivity index (χ0v) is 15.3. The lowest BCUT2D eigenvalue weighted by atomic mass is 10.1. The van der Waals surface area contributed by atoms with Crippen molar-refractivity contribution in [2.75, 3.05) is 6.61 Å². The number of rotatable bonds is 5. The van der Waals surface area contributed by atoms with Crippen molar-refractivity contribution in [2.24, 2.45) is 0 Å². The fourth-order valence-electron chi connectivity index (χ4n) is 3.22. The summed E-state index contributed by atoms with van der Waals surface area (Å²) in [7, 11) is 0. The number of aromatic nitrogens is 2. The van der Waals surface area contributed by atoms with Gasteiger partial charge in [-0.25, -0.2) is 9.78 Å². The number of carbonyl (C=O) groups excluding carboxylic acids is 2. The van der Waals surface area contributed by atoms with Crippen LogP contribution < -0.4 is 0 Å². The van der Waals surface area contributed by atoms with E-state index in [-0.39, 0.29) is 12.4 Å². The molecule has 0 atom stereocenters. The van der Waals surface area contributed by atoms with Crippen LogP contribution in [-0.4, -0.2) is 28.3 Å². The first-order chi connectivity index (χ1) is 13.6. The number of carbonyl (C=O) groups is 2. The van der Waals surface area contributed by atoms with E-state index in [4.69, 9.17) is 4.74 Å². The van der Waals surface area contributed by atoms with Gasteiger partial charge in [0.2, 0.25) is 5.78 Å². The largest absolute Gasteiger partial charge is 0.454 e. The summed E-state index contributed by atoms with van der Waals surface area (Å²) in [4.78, 5) is 32.2. The molecule has 28 heavy (non-hydrogen) atoms. The van der Waals surface area contributed by atoms with Gasteiger partial charge in [-0.3, -0.25) is 4.79 Å². The van der Waals surface area contributed by atoms with E-state index >= 15 is 0 Å². The number of ketones is 1. The van der Waals surface area contributed by atoms with Gasteiger partial charge in [-0.15, -0.1) is 0 Å². The van der Waals surface area contributed by atoms with E-state index in [0.29, 0.717) is 11.3 Å². The smallest absolute Gasteiger partial charge is 0.331 e. The SMILES string of the molecule is Cc1[nH]c2ccccc2c1C(=O)COC(=O)C=Cc1ccc2ccccc2n1. The number of H-pyrrole nitrogens is 1. The van der Waals surface area contributed by atoms with Crippen LogP contribution in [0.5, 0.6) is 0 Å². The molecule has 1 N–H and O–H groups in total. The van der Waals surface area contributed by atoms with E-state index in [1.165, 1.54) is 6.08 Å². The number of hydrogen-bond donors (Lipinski definition) is 1. The quantitative estimate of drug-likeness (QED) is 0.320. The Labute approximate surface area is 161 Å². The van der Waals surface area contributed by atoms with Crippen molar-refractivity contribution < 1.29 is 14.3 Å². The summed E-state index contributed by atoms with van der Waals surface area (Å²) in [5.41, 5.74) is 3.70. The Morgan fingerprint density at radius 2 is 1.82 bits per heavy atom. The summed E-state index contributed by atoms with van der Waals surface area (Å²) in [6.45, 7) is 1.53. The number of pyridine rings is 1. The second kappa shape index (κ2) is 7.48. The molecule has 2 aromatic carbocycles. The molecule has 0 saturated heterocycles. The zero-order valence-electron chi connectivity index (χ0n) is 15.3. The number of nitrogens with zero attached hydrogens (tertiary/aromatic N) is 1. The van der Waals surface area contributed by atoms with E-state index in [9.17, 15) is 9.59 Å². The van der Waals surface area contributed by atoms with Crippen molar-refractivity contribution in [1.82, 2.24) is 9.97 Å². The van der Waals surface area contributed by atoms with Crippen molar-refractivity contribution in [3.05, 3.63) is 83.7 Å². The predicted molar refractivity (Wildman–Crippen MR) is 109 cm³/mol. The minimum Gasteiger partial charge on any atom is -0.454 e. The zero-order chi connectivity index (χ0) is 19.5. The lowest BCUT2D eigenvalue weighted by Gasteiger charge is -2.02. The Bertz CT molecular complexity index is 1220. The molecule has 5 nitrogen and oxygen atoms in total. The summed E-state index contributed by atoms with van der Waals surface area (Å²) in [6.07, 6.45) is 2.86. The normalized spacial score (nSPS) is 11.3. The van der Waals surface area contributed by atoms with Gasteiger partial charge in [-0.2, -0.15) is 0 Å². The maximum atomic E-state index is 12.5. The summed E-state index contributed by atoms with van der Waals surface area (Å²) in [6, 6.07) is 19.1. The molecule has 2 heterocycles. The fraction of sp³-hybridized carbons (Fsp3) is 0.0870. The molecule has 0 amide bonds. The number of fused-ring (bicyclic) bond motifs is 2. The number of aromatic amines is 1. The first-order valence-corrected chi connectivity index (χ1v) is 8.93. The van der Waals surface area contributed by atoms with Crippen LogP contribution in [0.15, 0.2) is 66.7 Å². The number of aryl methyl sites for hydroxylation is 1. The molecule has 2 aromatic heterocycles. The maximum Gasteiger partial charge on any atom is 0.331 e. The van der Waals surface area contributed by atoms with Crippen LogP contribution in [0.3, 0.4) is 0 Å². The monoisotopic (exact) mass is 370 g/mol. The number of para-hydroxylation sites is 2. The summed E-state index contributed by atoms with van der Waals surface area (Å²) >= 11 is 0. The van der Waals surface area contributed by atoms with Gasteiger partial charge in [0, 0.05) is 33.6 Å². The molecule has 0 spiro atoms. The first kappa shape index (κ1) is 17.7. The molecule has 0 saturated carbocycles. The average Bonchev–Trinajstić information content (AvgIpc) is 3.06. The van der Waals surface area contributed by atoms with Crippen LogP contribution in [0.1, 0.15) is 21.7 Å². The van der Waals surface area contributed by atoms with Crippen LogP contribution in [0.4, 0.5) is 0 Å². The number of nitrogens with one attached hydrogen (secondary N) is 1. The highest BCUT2D eigenvalue weighted by Crippen LogP contribution is 2.22. The number of Topliss-reactive ketones (excluding diaryl/α,β-unsaturated/α-hetero) is 1. The Kier molecular flexibility index (Phi) is 4.72. The van der Waals surface area contributed by atoms with Gasteiger partial charge in [0.05, 0.1) is 11.2 Å². The van der Waals surface area contributed by atoms with Crippen LogP contribution in [0.25, 0.3) is 27.9 Å². The van der Waals surface area contributed by atoms with Crippen molar-refractivity contribution in [3.63, 3.8) is 0 Å². The Hall–Kier alpha value is -3.73.